The maximum Gasteiger partial charge on any atom is 0.0929 e. The highest BCUT2D eigenvalue weighted by atomic mass is 35.5. The van der Waals surface area contributed by atoms with Crippen LogP contribution in [-0.2, 0) is 6.67 Å². The fourth-order valence-corrected chi connectivity index (χ4v) is 2.64. The molecule has 0 bridgehead atoms. The first-order valence-corrected chi connectivity index (χ1v) is 6.36. The van der Waals surface area contributed by atoms with Crippen LogP contribution >= 0.6 is 23.4 Å². The number of hydrogen-bond acceptors (Lipinski definition) is 3. The number of aromatic nitrogens is 2. The van der Waals surface area contributed by atoms with Gasteiger partial charge in [0.2, 0.25) is 0 Å². The van der Waals surface area contributed by atoms with Gasteiger partial charge in [-0.3, -0.25) is 9.58 Å². The maximum atomic E-state index is 5.80. The number of halogens is 1. The van der Waals surface area contributed by atoms with E-state index < -0.39 is 0 Å². The van der Waals surface area contributed by atoms with E-state index in [1.807, 2.05) is 22.6 Å². The van der Waals surface area contributed by atoms with Gasteiger partial charge in [-0.25, -0.2) is 0 Å². The molecule has 78 valence electrons. The van der Waals surface area contributed by atoms with E-state index in [-0.39, 0.29) is 0 Å². The van der Waals surface area contributed by atoms with E-state index in [0.717, 1.165) is 13.2 Å². The number of hydrogen-bond donors (Lipinski definition) is 0. The zero-order valence-electron chi connectivity index (χ0n) is 8.03. The van der Waals surface area contributed by atoms with Gasteiger partial charge >= 0.3 is 0 Å². The molecule has 0 saturated carbocycles. The van der Waals surface area contributed by atoms with Crippen LogP contribution in [0.2, 0.25) is 5.02 Å². The van der Waals surface area contributed by atoms with Crippen LogP contribution in [0.4, 0.5) is 0 Å². The standard InChI is InChI=1S/C9H14ClN3S/c10-9-6-11-13(7-9)8-12-2-1-4-14-5-3-12/h6-7H,1-5,8H2. The van der Waals surface area contributed by atoms with Crippen molar-refractivity contribution in [2.24, 2.45) is 0 Å². The van der Waals surface area contributed by atoms with Gasteiger partial charge < -0.3 is 0 Å². The first kappa shape index (κ1) is 10.3. The van der Waals surface area contributed by atoms with Gasteiger partial charge in [0.25, 0.3) is 0 Å². The Morgan fingerprint density at radius 3 is 3.14 bits per heavy atom. The third-order valence-electron chi connectivity index (χ3n) is 2.26. The Hall–Kier alpha value is -0.190. The van der Waals surface area contributed by atoms with Crippen molar-refractivity contribution >= 4 is 23.4 Å². The van der Waals surface area contributed by atoms with Crippen molar-refractivity contribution in [1.82, 2.24) is 14.7 Å². The van der Waals surface area contributed by atoms with E-state index >= 15 is 0 Å². The van der Waals surface area contributed by atoms with Crippen LogP contribution in [0.15, 0.2) is 12.4 Å². The first-order valence-electron chi connectivity index (χ1n) is 4.82. The van der Waals surface area contributed by atoms with Crippen LogP contribution in [0.5, 0.6) is 0 Å². The number of nitrogens with zero attached hydrogens (tertiary/aromatic N) is 3. The van der Waals surface area contributed by atoms with E-state index in [0.29, 0.717) is 5.02 Å². The highest BCUT2D eigenvalue weighted by Gasteiger charge is 2.09. The van der Waals surface area contributed by atoms with Crippen molar-refractivity contribution in [2.75, 3.05) is 24.6 Å². The molecule has 5 heteroatoms. The van der Waals surface area contributed by atoms with Gasteiger partial charge in [0.1, 0.15) is 0 Å². The van der Waals surface area contributed by atoms with Crippen LogP contribution in [0.3, 0.4) is 0 Å². The van der Waals surface area contributed by atoms with Crippen molar-refractivity contribution in [2.45, 2.75) is 13.1 Å². The van der Waals surface area contributed by atoms with Gasteiger partial charge in [-0.15, -0.1) is 0 Å². The van der Waals surface area contributed by atoms with Crippen molar-refractivity contribution in [1.29, 1.82) is 0 Å². The highest BCUT2D eigenvalue weighted by Crippen LogP contribution is 2.11. The number of rotatable bonds is 2. The van der Waals surface area contributed by atoms with E-state index in [9.17, 15) is 0 Å². The molecule has 0 atom stereocenters. The van der Waals surface area contributed by atoms with Gasteiger partial charge in [-0.05, 0) is 12.2 Å². The molecule has 0 radical (unpaired) electrons. The van der Waals surface area contributed by atoms with Crippen molar-refractivity contribution in [3.8, 4) is 0 Å². The monoisotopic (exact) mass is 231 g/mol. The quantitative estimate of drug-likeness (QED) is 0.776. The molecule has 0 N–H and O–H groups in total. The second-order valence-corrected chi connectivity index (χ2v) is 5.08. The molecule has 1 aliphatic rings. The Labute approximate surface area is 93.4 Å². The molecule has 3 nitrogen and oxygen atoms in total. The minimum absolute atomic E-state index is 0.717. The number of thioether (sulfide) groups is 1. The summed E-state index contributed by atoms with van der Waals surface area (Å²) in [7, 11) is 0. The Morgan fingerprint density at radius 2 is 2.36 bits per heavy atom. The second kappa shape index (κ2) is 5.05. The predicted octanol–water partition coefficient (Wildman–Crippen LogP) is 1.93. The normalized spacial score (nSPS) is 19.5. The largest absolute Gasteiger partial charge is 0.284 e. The average molecular weight is 232 g/mol. The Kier molecular flexibility index (Phi) is 3.73. The molecule has 1 aromatic heterocycles. The summed E-state index contributed by atoms with van der Waals surface area (Å²) in [5.41, 5.74) is 0. The van der Waals surface area contributed by atoms with Gasteiger partial charge in [0, 0.05) is 25.0 Å². The zero-order chi connectivity index (χ0) is 9.80. The lowest BCUT2D eigenvalue weighted by Crippen LogP contribution is -2.28. The molecule has 1 aliphatic heterocycles. The fraction of sp³-hybridized carbons (Fsp3) is 0.667. The van der Waals surface area contributed by atoms with Crippen molar-refractivity contribution < 1.29 is 0 Å². The summed E-state index contributed by atoms with van der Waals surface area (Å²) < 4.78 is 1.90. The molecule has 0 aromatic carbocycles. The van der Waals surface area contributed by atoms with Crippen LogP contribution in [0.1, 0.15) is 6.42 Å². The van der Waals surface area contributed by atoms with E-state index in [1.165, 1.54) is 24.5 Å². The van der Waals surface area contributed by atoms with Gasteiger partial charge in [0.05, 0.1) is 17.9 Å². The minimum atomic E-state index is 0.717. The lowest BCUT2D eigenvalue weighted by Gasteiger charge is -2.18. The van der Waals surface area contributed by atoms with Gasteiger partial charge in [-0.1, -0.05) is 11.6 Å². The van der Waals surface area contributed by atoms with Crippen LogP contribution in [0.25, 0.3) is 0 Å². The van der Waals surface area contributed by atoms with E-state index in [4.69, 9.17) is 11.6 Å². The molecule has 0 spiro atoms. The van der Waals surface area contributed by atoms with Gasteiger partial charge in [0.15, 0.2) is 0 Å². The molecule has 1 fully saturated rings. The summed E-state index contributed by atoms with van der Waals surface area (Å²) in [6.07, 6.45) is 4.84. The van der Waals surface area contributed by atoms with Crippen LogP contribution in [0, 0.1) is 0 Å². The molecule has 1 saturated heterocycles. The predicted molar refractivity (Wildman–Crippen MR) is 60.8 cm³/mol. The van der Waals surface area contributed by atoms with E-state index in [1.54, 1.807) is 6.20 Å². The molecule has 1 aromatic rings. The third kappa shape index (κ3) is 2.90. The van der Waals surface area contributed by atoms with Gasteiger partial charge in [-0.2, -0.15) is 16.9 Å². The molecule has 0 aliphatic carbocycles. The molecular formula is C9H14ClN3S. The lowest BCUT2D eigenvalue weighted by atomic mass is 10.4. The SMILES string of the molecule is Clc1cnn(CN2CCCSCC2)c1. The van der Waals surface area contributed by atoms with Crippen molar-refractivity contribution in [3.63, 3.8) is 0 Å². The molecule has 0 amide bonds. The smallest absolute Gasteiger partial charge is 0.0929 e. The Balaban J connectivity index is 1.89. The maximum absolute atomic E-state index is 5.80. The zero-order valence-corrected chi connectivity index (χ0v) is 9.60. The van der Waals surface area contributed by atoms with Crippen LogP contribution < -0.4 is 0 Å². The minimum Gasteiger partial charge on any atom is -0.284 e. The Morgan fingerprint density at radius 1 is 1.43 bits per heavy atom. The second-order valence-electron chi connectivity index (χ2n) is 3.42. The van der Waals surface area contributed by atoms with E-state index in [2.05, 4.69) is 10.00 Å². The summed E-state index contributed by atoms with van der Waals surface area (Å²) in [5.74, 6) is 2.52. The summed E-state index contributed by atoms with van der Waals surface area (Å²) in [6.45, 7) is 3.19. The molecule has 0 unspecified atom stereocenters. The highest BCUT2D eigenvalue weighted by molar-refractivity contribution is 7.99. The molecule has 2 heterocycles. The summed E-state index contributed by atoms with van der Waals surface area (Å²) in [5, 5.41) is 4.89. The summed E-state index contributed by atoms with van der Waals surface area (Å²) >= 11 is 7.84. The lowest BCUT2D eigenvalue weighted by molar-refractivity contribution is 0.223. The third-order valence-corrected chi connectivity index (χ3v) is 3.51. The summed E-state index contributed by atoms with van der Waals surface area (Å²) in [6, 6.07) is 0. The van der Waals surface area contributed by atoms with Crippen LogP contribution in [-0.4, -0.2) is 39.3 Å². The van der Waals surface area contributed by atoms with Crippen molar-refractivity contribution in [3.05, 3.63) is 17.4 Å². The first-order chi connectivity index (χ1) is 6.84. The average Bonchev–Trinajstić information content (AvgIpc) is 2.43. The molecular weight excluding hydrogens is 218 g/mol. The fourth-order valence-electron chi connectivity index (χ4n) is 1.56. The Bertz CT molecular complexity index is 281. The molecule has 14 heavy (non-hydrogen) atoms. The topological polar surface area (TPSA) is 21.1 Å². The molecule has 2 rings (SSSR count). The summed E-state index contributed by atoms with van der Waals surface area (Å²) in [4.78, 5) is 2.42.